The van der Waals surface area contributed by atoms with Crippen LogP contribution in [0.5, 0.6) is 5.75 Å². The Hall–Kier alpha value is -1.59. The average molecular weight is 334 g/mol. The fourth-order valence-electron chi connectivity index (χ4n) is 3.16. The number of ether oxygens (including phenoxy) is 1. The lowest BCUT2D eigenvalue weighted by Gasteiger charge is -2.34. The Morgan fingerprint density at radius 3 is 2.83 bits per heavy atom. The molecule has 1 aromatic carbocycles. The number of rotatable bonds is 7. The quantitative estimate of drug-likeness (QED) is 0.803. The number of likely N-dealkylation sites (tertiary alicyclic amines) is 1. The van der Waals surface area contributed by atoms with Gasteiger partial charge in [-0.25, -0.2) is 0 Å². The van der Waals surface area contributed by atoms with E-state index in [1.807, 2.05) is 36.1 Å². The topological polar surface area (TPSA) is 61.8 Å². The number of piperidine rings is 1. The second-order valence-corrected chi connectivity index (χ2v) is 6.57. The van der Waals surface area contributed by atoms with Crippen LogP contribution in [0.25, 0.3) is 0 Å². The first-order chi connectivity index (χ1) is 11.5. The summed E-state index contributed by atoms with van der Waals surface area (Å²) in [6, 6.07) is 7.80. The van der Waals surface area contributed by atoms with Crippen LogP contribution in [0.15, 0.2) is 24.3 Å². The van der Waals surface area contributed by atoms with Gasteiger partial charge in [-0.2, -0.15) is 0 Å². The predicted octanol–water partition coefficient (Wildman–Crippen LogP) is 2.36. The van der Waals surface area contributed by atoms with Crippen LogP contribution in [0.3, 0.4) is 0 Å². The first kappa shape index (κ1) is 18.7. The number of carbonyl (C=O) groups excluding carboxylic acids is 1. The molecular weight excluding hydrogens is 304 g/mol. The molecule has 3 unspecified atom stereocenters. The van der Waals surface area contributed by atoms with Crippen LogP contribution in [0, 0.1) is 5.92 Å². The van der Waals surface area contributed by atoms with E-state index in [0.29, 0.717) is 25.6 Å². The Bertz CT molecular complexity index is 535. The van der Waals surface area contributed by atoms with Gasteiger partial charge in [-0.15, -0.1) is 0 Å². The van der Waals surface area contributed by atoms with E-state index < -0.39 is 0 Å². The second-order valence-electron chi connectivity index (χ2n) is 6.57. The SMILES string of the molecule is CCOc1ccccc1C(CC)NC(=O)CN1CCC(C)C(O)C1. The highest BCUT2D eigenvalue weighted by atomic mass is 16.5. The molecule has 1 saturated heterocycles. The van der Waals surface area contributed by atoms with Crippen LogP contribution in [-0.4, -0.2) is 48.3 Å². The first-order valence-corrected chi connectivity index (χ1v) is 8.96. The molecule has 24 heavy (non-hydrogen) atoms. The second kappa shape index (κ2) is 9.04. The molecule has 1 amide bonds. The number of para-hydroxylation sites is 1. The molecule has 0 saturated carbocycles. The van der Waals surface area contributed by atoms with Crippen molar-refractivity contribution in [1.29, 1.82) is 0 Å². The highest BCUT2D eigenvalue weighted by Gasteiger charge is 2.26. The summed E-state index contributed by atoms with van der Waals surface area (Å²) in [6.45, 7) is 8.43. The smallest absolute Gasteiger partial charge is 0.234 e. The third-order valence-corrected chi connectivity index (χ3v) is 4.71. The van der Waals surface area contributed by atoms with Crippen molar-refractivity contribution >= 4 is 5.91 Å². The first-order valence-electron chi connectivity index (χ1n) is 8.96. The van der Waals surface area contributed by atoms with E-state index in [9.17, 15) is 9.90 Å². The monoisotopic (exact) mass is 334 g/mol. The highest BCUT2D eigenvalue weighted by molar-refractivity contribution is 5.78. The molecular formula is C19H30N2O3. The molecule has 0 aliphatic carbocycles. The van der Waals surface area contributed by atoms with E-state index in [1.165, 1.54) is 0 Å². The zero-order valence-corrected chi connectivity index (χ0v) is 15.0. The maximum Gasteiger partial charge on any atom is 0.234 e. The molecule has 2 rings (SSSR count). The molecule has 0 radical (unpaired) electrons. The minimum atomic E-state index is -0.341. The molecule has 5 heteroatoms. The maximum atomic E-state index is 12.4. The molecule has 2 N–H and O–H groups in total. The third kappa shape index (κ3) is 4.95. The normalized spacial score (nSPS) is 22.8. The summed E-state index contributed by atoms with van der Waals surface area (Å²) in [7, 11) is 0. The van der Waals surface area contributed by atoms with Crippen LogP contribution in [-0.2, 0) is 4.79 Å². The zero-order valence-electron chi connectivity index (χ0n) is 15.0. The van der Waals surface area contributed by atoms with Crippen LogP contribution >= 0.6 is 0 Å². The van der Waals surface area contributed by atoms with Crippen LogP contribution in [0.1, 0.15) is 45.2 Å². The van der Waals surface area contributed by atoms with E-state index in [-0.39, 0.29) is 18.1 Å². The van der Waals surface area contributed by atoms with Gasteiger partial charge in [0.15, 0.2) is 0 Å². The van der Waals surface area contributed by atoms with Gasteiger partial charge < -0.3 is 15.2 Å². The number of hydrogen-bond donors (Lipinski definition) is 2. The van der Waals surface area contributed by atoms with Crippen molar-refractivity contribution in [3.8, 4) is 5.75 Å². The summed E-state index contributed by atoms with van der Waals surface area (Å²) in [5, 5.41) is 13.1. The van der Waals surface area contributed by atoms with E-state index in [0.717, 1.165) is 30.7 Å². The van der Waals surface area contributed by atoms with Crippen molar-refractivity contribution in [2.24, 2.45) is 5.92 Å². The molecule has 0 aromatic heterocycles. The Morgan fingerprint density at radius 2 is 2.17 bits per heavy atom. The molecule has 134 valence electrons. The molecule has 0 spiro atoms. The molecule has 1 aromatic rings. The lowest BCUT2D eigenvalue weighted by atomic mass is 9.96. The van der Waals surface area contributed by atoms with E-state index in [2.05, 4.69) is 19.2 Å². The van der Waals surface area contributed by atoms with Crippen LogP contribution < -0.4 is 10.1 Å². The number of nitrogens with zero attached hydrogens (tertiary/aromatic N) is 1. The summed E-state index contributed by atoms with van der Waals surface area (Å²) in [4.78, 5) is 14.5. The van der Waals surface area contributed by atoms with Gasteiger partial charge in [-0.1, -0.05) is 32.0 Å². The van der Waals surface area contributed by atoms with Gasteiger partial charge in [-0.3, -0.25) is 9.69 Å². The molecule has 3 atom stereocenters. The standard InChI is InChI=1S/C19H30N2O3/c1-4-16(15-8-6-7-9-18(15)24-5-2)20-19(23)13-21-11-10-14(3)17(22)12-21/h6-9,14,16-17,22H,4-5,10-13H2,1-3H3,(H,20,23). The summed E-state index contributed by atoms with van der Waals surface area (Å²) in [5.74, 6) is 1.13. The largest absolute Gasteiger partial charge is 0.494 e. The van der Waals surface area contributed by atoms with Crippen molar-refractivity contribution in [3.05, 3.63) is 29.8 Å². The fourth-order valence-corrected chi connectivity index (χ4v) is 3.16. The lowest BCUT2D eigenvalue weighted by Crippen LogP contribution is -2.47. The number of nitrogens with one attached hydrogen (secondary N) is 1. The summed E-state index contributed by atoms with van der Waals surface area (Å²) >= 11 is 0. The van der Waals surface area contributed by atoms with E-state index >= 15 is 0 Å². The van der Waals surface area contributed by atoms with Gasteiger partial charge >= 0.3 is 0 Å². The fraction of sp³-hybridized carbons (Fsp3) is 0.632. The number of benzene rings is 1. The number of amides is 1. The molecule has 1 aliphatic rings. The molecule has 5 nitrogen and oxygen atoms in total. The van der Waals surface area contributed by atoms with Crippen LogP contribution in [0.2, 0.25) is 0 Å². The van der Waals surface area contributed by atoms with E-state index in [4.69, 9.17) is 4.74 Å². The van der Waals surface area contributed by atoms with Gasteiger partial charge in [0.25, 0.3) is 0 Å². The Kier molecular flexibility index (Phi) is 7.06. The van der Waals surface area contributed by atoms with Gasteiger partial charge in [0, 0.05) is 12.1 Å². The number of β-amino-alcohol motifs (C(OH)–C–C–N with tert-alkyl or cyclic N) is 1. The minimum absolute atomic E-state index is 0.00472. The predicted molar refractivity (Wildman–Crippen MR) is 95.0 cm³/mol. The molecule has 1 heterocycles. The Labute approximate surface area is 145 Å². The van der Waals surface area contributed by atoms with Crippen molar-refractivity contribution in [1.82, 2.24) is 10.2 Å². The minimum Gasteiger partial charge on any atom is -0.494 e. The van der Waals surface area contributed by atoms with Crippen molar-refractivity contribution in [3.63, 3.8) is 0 Å². The molecule has 1 fully saturated rings. The number of carbonyl (C=O) groups is 1. The van der Waals surface area contributed by atoms with E-state index in [1.54, 1.807) is 0 Å². The van der Waals surface area contributed by atoms with Crippen LogP contribution in [0.4, 0.5) is 0 Å². The Morgan fingerprint density at radius 1 is 1.42 bits per heavy atom. The molecule has 0 bridgehead atoms. The summed E-state index contributed by atoms with van der Waals surface area (Å²) in [6.07, 6.45) is 1.39. The van der Waals surface area contributed by atoms with Gasteiger partial charge in [0.1, 0.15) is 5.75 Å². The van der Waals surface area contributed by atoms with Gasteiger partial charge in [0.2, 0.25) is 5.91 Å². The summed E-state index contributed by atoms with van der Waals surface area (Å²) in [5.41, 5.74) is 1.02. The van der Waals surface area contributed by atoms with Gasteiger partial charge in [0.05, 0.1) is 25.3 Å². The van der Waals surface area contributed by atoms with Crippen molar-refractivity contribution < 1.29 is 14.6 Å². The third-order valence-electron chi connectivity index (χ3n) is 4.71. The van der Waals surface area contributed by atoms with Crippen molar-refractivity contribution in [2.45, 2.75) is 45.8 Å². The lowest BCUT2D eigenvalue weighted by molar-refractivity contribution is -0.124. The highest BCUT2D eigenvalue weighted by Crippen LogP contribution is 2.27. The zero-order chi connectivity index (χ0) is 17.5. The number of aliphatic hydroxyl groups is 1. The Balaban J connectivity index is 1.96. The van der Waals surface area contributed by atoms with Crippen molar-refractivity contribution in [2.75, 3.05) is 26.2 Å². The average Bonchev–Trinajstić information content (AvgIpc) is 2.57. The maximum absolute atomic E-state index is 12.4. The van der Waals surface area contributed by atoms with Gasteiger partial charge in [-0.05, 0) is 38.3 Å². The number of aliphatic hydroxyl groups excluding tert-OH is 1. The summed E-state index contributed by atoms with van der Waals surface area (Å²) < 4.78 is 5.68. The number of hydrogen-bond acceptors (Lipinski definition) is 4. The molecule has 1 aliphatic heterocycles.